The molecular formula is C13H12N2O. The van der Waals surface area contributed by atoms with Gasteiger partial charge in [0.25, 0.3) is 0 Å². The Morgan fingerprint density at radius 1 is 1.00 bits per heavy atom. The molecule has 3 heteroatoms. The van der Waals surface area contributed by atoms with Gasteiger partial charge >= 0.3 is 0 Å². The molecule has 0 amide bonds. The fraction of sp³-hybridized carbons (Fsp3) is 0.0769. The molecule has 0 heterocycles. The van der Waals surface area contributed by atoms with Gasteiger partial charge in [-0.25, -0.2) is 4.99 Å². The third-order valence-electron chi connectivity index (χ3n) is 2.20. The molecule has 0 aromatic heterocycles. The fourth-order valence-electron chi connectivity index (χ4n) is 1.34. The monoisotopic (exact) mass is 212 g/mol. The predicted octanol–water partition coefficient (Wildman–Crippen LogP) is 2.91. The summed E-state index contributed by atoms with van der Waals surface area (Å²) in [4.78, 5) is 4.42. The van der Waals surface area contributed by atoms with E-state index in [-0.39, 0.29) is 0 Å². The molecule has 1 N–H and O–H groups in total. The Morgan fingerprint density at radius 3 is 2.19 bits per heavy atom. The fourth-order valence-corrected chi connectivity index (χ4v) is 1.34. The highest BCUT2D eigenvalue weighted by Crippen LogP contribution is 2.18. The maximum Gasteiger partial charge on any atom is 0.119 e. The van der Waals surface area contributed by atoms with Gasteiger partial charge in [0.15, 0.2) is 0 Å². The first-order chi connectivity index (χ1) is 7.78. The van der Waals surface area contributed by atoms with E-state index in [4.69, 9.17) is 10.1 Å². The number of benzene rings is 1. The van der Waals surface area contributed by atoms with E-state index >= 15 is 0 Å². The van der Waals surface area contributed by atoms with E-state index in [9.17, 15) is 0 Å². The van der Waals surface area contributed by atoms with E-state index in [1.54, 1.807) is 19.3 Å². The smallest absolute Gasteiger partial charge is 0.119 e. The first-order valence-corrected chi connectivity index (χ1v) is 4.95. The maximum absolute atomic E-state index is 7.37. The SMILES string of the molecule is COc1ccc(N=C2C=CC(=N)C=C2)cc1. The summed E-state index contributed by atoms with van der Waals surface area (Å²) in [5.74, 6) is 0.820. The summed E-state index contributed by atoms with van der Waals surface area (Å²) in [7, 11) is 1.64. The number of hydrogen-bond acceptors (Lipinski definition) is 3. The van der Waals surface area contributed by atoms with E-state index in [2.05, 4.69) is 4.99 Å². The Kier molecular flexibility index (Phi) is 2.96. The molecule has 1 aliphatic rings. The van der Waals surface area contributed by atoms with E-state index in [0.717, 1.165) is 17.1 Å². The third kappa shape index (κ3) is 2.45. The first kappa shape index (κ1) is 10.4. The van der Waals surface area contributed by atoms with Crippen LogP contribution in [0.1, 0.15) is 0 Å². The van der Waals surface area contributed by atoms with Crippen molar-refractivity contribution in [1.82, 2.24) is 0 Å². The van der Waals surface area contributed by atoms with Crippen LogP contribution in [0.2, 0.25) is 0 Å². The molecule has 2 rings (SSSR count). The molecule has 80 valence electrons. The van der Waals surface area contributed by atoms with E-state index in [1.165, 1.54) is 0 Å². The Hall–Kier alpha value is -2.16. The molecule has 3 nitrogen and oxygen atoms in total. The van der Waals surface area contributed by atoms with Gasteiger partial charge < -0.3 is 10.1 Å². The van der Waals surface area contributed by atoms with Gasteiger partial charge in [0.1, 0.15) is 5.75 Å². The Bertz CT molecular complexity index is 463. The minimum Gasteiger partial charge on any atom is -0.497 e. The van der Waals surface area contributed by atoms with E-state index < -0.39 is 0 Å². The summed E-state index contributed by atoms with van der Waals surface area (Å²) in [6.07, 6.45) is 7.10. The van der Waals surface area contributed by atoms with Gasteiger partial charge in [0.05, 0.1) is 24.2 Å². The summed E-state index contributed by atoms with van der Waals surface area (Å²) in [5.41, 5.74) is 2.22. The van der Waals surface area contributed by atoms with Gasteiger partial charge in [-0.05, 0) is 48.6 Å². The summed E-state index contributed by atoms with van der Waals surface area (Å²) < 4.78 is 5.07. The number of ether oxygens (including phenoxy) is 1. The van der Waals surface area contributed by atoms with Gasteiger partial charge in [-0.2, -0.15) is 0 Å². The van der Waals surface area contributed by atoms with Crippen molar-refractivity contribution in [3.05, 3.63) is 48.6 Å². The first-order valence-electron chi connectivity index (χ1n) is 4.95. The summed E-state index contributed by atoms with van der Waals surface area (Å²) in [5, 5.41) is 7.37. The van der Waals surface area contributed by atoms with Crippen LogP contribution in [0.5, 0.6) is 5.75 Å². The molecule has 0 unspecified atom stereocenters. The predicted molar refractivity (Wildman–Crippen MR) is 66.1 cm³/mol. The zero-order valence-electron chi connectivity index (χ0n) is 8.97. The summed E-state index contributed by atoms with van der Waals surface area (Å²) in [6, 6.07) is 7.54. The molecule has 1 aromatic carbocycles. The average Bonchev–Trinajstić information content (AvgIpc) is 2.33. The van der Waals surface area contributed by atoms with Crippen molar-refractivity contribution in [2.45, 2.75) is 0 Å². The lowest BCUT2D eigenvalue weighted by molar-refractivity contribution is 0.415. The normalized spacial score (nSPS) is 14.1. The van der Waals surface area contributed by atoms with Gasteiger partial charge in [-0.1, -0.05) is 0 Å². The minimum atomic E-state index is 0.494. The van der Waals surface area contributed by atoms with Crippen molar-refractivity contribution in [2.75, 3.05) is 7.11 Å². The van der Waals surface area contributed by atoms with Crippen LogP contribution in [0.25, 0.3) is 0 Å². The average molecular weight is 212 g/mol. The molecule has 0 fully saturated rings. The molecule has 0 radical (unpaired) electrons. The molecule has 0 atom stereocenters. The van der Waals surface area contributed by atoms with Crippen LogP contribution in [-0.4, -0.2) is 18.5 Å². The van der Waals surface area contributed by atoms with Gasteiger partial charge in [0, 0.05) is 0 Å². The van der Waals surface area contributed by atoms with Crippen molar-refractivity contribution in [3.8, 4) is 5.75 Å². The van der Waals surface area contributed by atoms with Gasteiger partial charge in [0.2, 0.25) is 0 Å². The van der Waals surface area contributed by atoms with Crippen LogP contribution in [0, 0.1) is 5.41 Å². The standard InChI is InChI=1S/C13H12N2O/c1-16-13-8-6-12(7-9-13)15-11-4-2-10(14)3-5-11/h2-9,14H,1H3. The molecule has 0 saturated carbocycles. The Balaban J connectivity index is 2.20. The number of nitrogens with one attached hydrogen (secondary N) is 1. The molecule has 1 aromatic rings. The van der Waals surface area contributed by atoms with Crippen LogP contribution < -0.4 is 4.74 Å². The second-order valence-electron chi connectivity index (χ2n) is 3.36. The van der Waals surface area contributed by atoms with Crippen molar-refractivity contribution < 1.29 is 4.74 Å². The maximum atomic E-state index is 7.37. The van der Waals surface area contributed by atoms with Gasteiger partial charge in [-0.3, -0.25) is 0 Å². The minimum absolute atomic E-state index is 0.494. The zero-order chi connectivity index (χ0) is 11.4. The Morgan fingerprint density at radius 2 is 1.62 bits per heavy atom. The number of nitrogens with zero attached hydrogens (tertiary/aromatic N) is 1. The van der Waals surface area contributed by atoms with E-state index in [1.807, 2.05) is 36.4 Å². The van der Waals surface area contributed by atoms with Crippen molar-refractivity contribution >= 4 is 17.1 Å². The molecule has 0 saturated heterocycles. The Labute approximate surface area is 94.3 Å². The second-order valence-corrected chi connectivity index (χ2v) is 3.36. The molecule has 0 aliphatic heterocycles. The van der Waals surface area contributed by atoms with Crippen LogP contribution in [0.4, 0.5) is 5.69 Å². The molecule has 0 bridgehead atoms. The third-order valence-corrected chi connectivity index (χ3v) is 2.20. The molecule has 16 heavy (non-hydrogen) atoms. The van der Waals surface area contributed by atoms with Crippen LogP contribution in [0.3, 0.4) is 0 Å². The summed E-state index contributed by atoms with van der Waals surface area (Å²) in [6.45, 7) is 0. The van der Waals surface area contributed by atoms with E-state index in [0.29, 0.717) is 5.71 Å². The number of methoxy groups -OCH3 is 1. The lowest BCUT2D eigenvalue weighted by Crippen LogP contribution is -1.97. The molecular weight excluding hydrogens is 200 g/mol. The lowest BCUT2D eigenvalue weighted by atomic mass is 10.1. The summed E-state index contributed by atoms with van der Waals surface area (Å²) >= 11 is 0. The number of rotatable bonds is 2. The van der Waals surface area contributed by atoms with Crippen LogP contribution >= 0.6 is 0 Å². The van der Waals surface area contributed by atoms with Crippen molar-refractivity contribution in [3.63, 3.8) is 0 Å². The highest BCUT2D eigenvalue weighted by atomic mass is 16.5. The van der Waals surface area contributed by atoms with Crippen molar-refractivity contribution in [2.24, 2.45) is 4.99 Å². The molecule has 0 spiro atoms. The lowest BCUT2D eigenvalue weighted by Gasteiger charge is -2.02. The van der Waals surface area contributed by atoms with Crippen LogP contribution in [-0.2, 0) is 0 Å². The highest BCUT2D eigenvalue weighted by molar-refractivity contribution is 6.17. The largest absolute Gasteiger partial charge is 0.497 e. The second kappa shape index (κ2) is 4.57. The highest BCUT2D eigenvalue weighted by Gasteiger charge is 1.98. The number of allylic oxidation sites excluding steroid dienone is 4. The number of aliphatic imine (C=N–C) groups is 1. The topological polar surface area (TPSA) is 45.4 Å². The molecule has 1 aliphatic carbocycles. The van der Waals surface area contributed by atoms with Crippen LogP contribution in [0.15, 0.2) is 53.6 Å². The zero-order valence-corrected chi connectivity index (χ0v) is 8.97. The number of hydrogen-bond donors (Lipinski definition) is 1. The van der Waals surface area contributed by atoms with Crippen molar-refractivity contribution in [1.29, 1.82) is 5.41 Å². The van der Waals surface area contributed by atoms with Gasteiger partial charge in [-0.15, -0.1) is 0 Å². The quantitative estimate of drug-likeness (QED) is 0.753.